The number of fused-ring (bicyclic) bond motifs is 1. The number of nitrogens with zero attached hydrogens (tertiary/aromatic N) is 1. The zero-order valence-corrected chi connectivity index (χ0v) is 16.7. The van der Waals surface area contributed by atoms with Crippen molar-refractivity contribution in [3.05, 3.63) is 51.9 Å². The van der Waals surface area contributed by atoms with Gasteiger partial charge in [-0.3, -0.25) is 10.1 Å². The first-order chi connectivity index (χ1) is 13.2. The van der Waals surface area contributed by atoms with Crippen LogP contribution in [0.15, 0.2) is 41.3 Å². The number of carbonyl (C=O) groups excluding carboxylic acids is 1. The second-order valence-electron chi connectivity index (χ2n) is 7.11. The van der Waals surface area contributed by atoms with Gasteiger partial charge in [0.1, 0.15) is 11.3 Å². The Labute approximate surface area is 166 Å². The first-order valence-electron chi connectivity index (χ1n) is 8.54. The Hall–Kier alpha value is -3.06. The number of aromatic nitrogens is 2. The predicted octanol–water partition coefficient (Wildman–Crippen LogP) is 4.60. The number of rotatable bonds is 3. The van der Waals surface area contributed by atoms with Crippen molar-refractivity contribution in [2.24, 2.45) is 0 Å². The number of ether oxygens (including phenoxy) is 2. The number of H-pyrrole nitrogens is 1. The number of carbonyl (C=O) groups is 1. The summed E-state index contributed by atoms with van der Waals surface area (Å²) in [5.41, 5.74) is 0.583. The van der Waals surface area contributed by atoms with Gasteiger partial charge < -0.3 is 14.5 Å². The summed E-state index contributed by atoms with van der Waals surface area (Å²) in [6.07, 6.45) is 0.824. The van der Waals surface area contributed by atoms with Gasteiger partial charge in [-0.15, -0.1) is 0 Å². The van der Waals surface area contributed by atoms with Crippen LogP contribution in [-0.4, -0.2) is 28.8 Å². The standard InChI is InChI=1S/C20H20ClN3O4/c1-20(2,3)28-19(26)24-17-16(11-7-8-22-15(9-11)27-4)13-10-12(21)5-6-14(13)23-18(17)25/h5-10H,1-4H3,(H,23,25)(H,24,26). The summed E-state index contributed by atoms with van der Waals surface area (Å²) in [7, 11) is 1.50. The minimum absolute atomic E-state index is 0.0530. The van der Waals surface area contributed by atoms with Crippen molar-refractivity contribution in [3.63, 3.8) is 0 Å². The molecule has 0 aliphatic rings. The SMILES string of the molecule is COc1cc(-c2c(NC(=O)OC(C)(C)C)c(=O)[nH]c3ccc(Cl)cc23)ccn1. The fraction of sp³-hybridized carbons (Fsp3) is 0.250. The molecule has 2 heterocycles. The van der Waals surface area contributed by atoms with E-state index < -0.39 is 17.3 Å². The zero-order valence-electron chi connectivity index (χ0n) is 15.9. The van der Waals surface area contributed by atoms with Crippen LogP contribution in [0.25, 0.3) is 22.0 Å². The van der Waals surface area contributed by atoms with Gasteiger partial charge in [0.25, 0.3) is 5.56 Å². The highest BCUT2D eigenvalue weighted by atomic mass is 35.5. The highest BCUT2D eigenvalue weighted by molar-refractivity contribution is 6.31. The van der Waals surface area contributed by atoms with Crippen LogP contribution in [0.3, 0.4) is 0 Å². The Kier molecular flexibility index (Phi) is 5.29. The maximum atomic E-state index is 12.8. The molecular weight excluding hydrogens is 382 g/mol. The highest BCUT2D eigenvalue weighted by Gasteiger charge is 2.21. The van der Waals surface area contributed by atoms with Gasteiger partial charge in [-0.05, 0) is 50.6 Å². The monoisotopic (exact) mass is 401 g/mol. The van der Waals surface area contributed by atoms with Gasteiger partial charge in [-0.1, -0.05) is 11.6 Å². The van der Waals surface area contributed by atoms with Crippen LogP contribution in [0.2, 0.25) is 5.02 Å². The van der Waals surface area contributed by atoms with E-state index in [1.807, 2.05) is 0 Å². The third kappa shape index (κ3) is 4.26. The minimum Gasteiger partial charge on any atom is -0.481 e. The molecule has 0 radical (unpaired) electrons. The van der Waals surface area contributed by atoms with Crippen LogP contribution in [0.4, 0.5) is 10.5 Å². The molecule has 3 rings (SSSR count). The van der Waals surface area contributed by atoms with Gasteiger partial charge >= 0.3 is 6.09 Å². The Bertz CT molecular complexity index is 1100. The molecular formula is C20H20ClN3O4. The van der Waals surface area contributed by atoms with E-state index in [0.29, 0.717) is 32.9 Å². The van der Waals surface area contributed by atoms with Gasteiger partial charge in [-0.25, -0.2) is 9.78 Å². The first-order valence-corrected chi connectivity index (χ1v) is 8.92. The molecule has 0 spiro atoms. The lowest BCUT2D eigenvalue weighted by atomic mass is 10.00. The number of nitrogens with one attached hydrogen (secondary N) is 2. The summed E-state index contributed by atoms with van der Waals surface area (Å²) in [5.74, 6) is 0.371. The number of aromatic amines is 1. The van der Waals surface area contributed by atoms with Crippen LogP contribution in [0.1, 0.15) is 20.8 Å². The molecule has 1 aromatic carbocycles. The maximum absolute atomic E-state index is 12.8. The maximum Gasteiger partial charge on any atom is 0.412 e. The molecule has 2 aromatic heterocycles. The average Bonchev–Trinajstić information content (AvgIpc) is 2.61. The van der Waals surface area contributed by atoms with E-state index in [1.165, 1.54) is 7.11 Å². The summed E-state index contributed by atoms with van der Waals surface area (Å²) in [5, 5.41) is 3.72. The first kappa shape index (κ1) is 19.7. The van der Waals surface area contributed by atoms with Crippen molar-refractivity contribution in [1.82, 2.24) is 9.97 Å². The molecule has 0 aliphatic heterocycles. The highest BCUT2D eigenvalue weighted by Crippen LogP contribution is 2.35. The Morgan fingerprint density at radius 1 is 1.21 bits per heavy atom. The molecule has 3 aromatic rings. The van der Waals surface area contributed by atoms with Crippen molar-refractivity contribution in [1.29, 1.82) is 0 Å². The van der Waals surface area contributed by atoms with Crippen molar-refractivity contribution in [2.45, 2.75) is 26.4 Å². The number of methoxy groups -OCH3 is 1. The molecule has 0 aliphatic carbocycles. The molecule has 7 nitrogen and oxygen atoms in total. The molecule has 2 N–H and O–H groups in total. The third-order valence-electron chi connectivity index (χ3n) is 3.83. The molecule has 0 bridgehead atoms. The normalized spacial score (nSPS) is 11.3. The van der Waals surface area contributed by atoms with Gasteiger partial charge in [0.05, 0.1) is 7.11 Å². The van der Waals surface area contributed by atoms with Crippen molar-refractivity contribution < 1.29 is 14.3 Å². The smallest absolute Gasteiger partial charge is 0.412 e. The van der Waals surface area contributed by atoms with Crippen molar-refractivity contribution in [3.8, 4) is 17.0 Å². The number of amides is 1. The van der Waals surface area contributed by atoms with Crippen LogP contribution in [0, 0.1) is 0 Å². The van der Waals surface area contributed by atoms with Crippen LogP contribution in [0.5, 0.6) is 5.88 Å². The second-order valence-corrected chi connectivity index (χ2v) is 7.54. The minimum atomic E-state index is -0.735. The van der Waals surface area contributed by atoms with E-state index in [9.17, 15) is 9.59 Å². The number of hydrogen-bond acceptors (Lipinski definition) is 5. The summed E-state index contributed by atoms with van der Waals surface area (Å²) >= 11 is 6.18. The number of hydrogen-bond donors (Lipinski definition) is 2. The lowest BCUT2D eigenvalue weighted by Crippen LogP contribution is -2.29. The van der Waals surface area contributed by atoms with Gasteiger partial charge in [0, 0.05) is 33.8 Å². The lowest BCUT2D eigenvalue weighted by molar-refractivity contribution is 0.0636. The molecule has 0 fully saturated rings. The molecule has 0 atom stereocenters. The third-order valence-corrected chi connectivity index (χ3v) is 4.07. The van der Waals surface area contributed by atoms with E-state index in [0.717, 1.165) is 0 Å². The Balaban J connectivity index is 2.26. The quantitative estimate of drug-likeness (QED) is 0.669. The Morgan fingerprint density at radius 3 is 2.64 bits per heavy atom. The van der Waals surface area contributed by atoms with E-state index in [-0.39, 0.29) is 5.69 Å². The zero-order chi connectivity index (χ0) is 20.5. The molecule has 1 amide bonds. The summed E-state index contributed by atoms with van der Waals surface area (Å²) < 4.78 is 10.5. The number of pyridine rings is 2. The van der Waals surface area contributed by atoms with Gasteiger partial charge in [0.15, 0.2) is 0 Å². The summed E-state index contributed by atoms with van der Waals surface area (Å²) in [4.78, 5) is 32.0. The number of halogens is 1. The fourth-order valence-corrected chi connectivity index (χ4v) is 2.94. The van der Waals surface area contributed by atoms with Crippen LogP contribution in [-0.2, 0) is 4.74 Å². The number of anilines is 1. The molecule has 0 unspecified atom stereocenters. The Morgan fingerprint density at radius 2 is 1.96 bits per heavy atom. The van der Waals surface area contributed by atoms with Crippen LogP contribution >= 0.6 is 11.6 Å². The van der Waals surface area contributed by atoms with Gasteiger partial charge in [0.2, 0.25) is 5.88 Å². The average molecular weight is 402 g/mol. The van der Waals surface area contributed by atoms with E-state index in [2.05, 4.69) is 15.3 Å². The number of benzene rings is 1. The lowest BCUT2D eigenvalue weighted by Gasteiger charge is -2.20. The molecule has 146 valence electrons. The van der Waals surface area contributed by atoms with Crippen molar-refractivity contribution in [2.75, 3.05) is 12.4 Å². The van der Waals surface area contributed by atoms with Gasteiger partial charge in [-0.2, -0.15) is 0 Å². The van der Waals surface area contributed by atoms with E-state index >= 15 is 0 Å². The fourth-order valence-electron chi connectivity index (χ4n) is 2.77. The predicted molar refractivity (Wildman–Crippen MR) is 109 cm³/mol. The summed E-state index contributed by atoms with van der Waals surface area (Å²) in [6, 6.07) is 8.50. The second kappa shape index (κ2) is 7.52. The topological polar surface area (TPSA) is 93.3 Å². The molecule has 28 heavy (non-hydrogen) atoms. The largest absolute Gasteiger partial charge is 0.481 e. The van der Waals surface area contributed by atoms with E-state index in [4.69, 9.17) is 21.1 Å². The summed E-state index contributed by atoms with van der Waals surface area (Å²) in [6.45, 7) is 5.23. The van der Waals surface area contributed by atoms with E-state index in [1.54, 1.807) is 57.3 Å². The molecule has 0 saturated heterocycles. The molecule has 8 heteroatoms. The van der Waals surface area contributed by atoms with Crippen molar-refractivity contribution >= 4 is 34.3 Å². The molecule has 0 saturated carbocycles. The van der Waals surface area contributed by atoms with Crippen LogP contribution < -0.4 is 15.6 Å².